The molecule has 3 aromatic rings. The molecule has 7 heteroatoms. The zero-order valence-corrected chi connectivity index (χ0v) is 20.1. The van der Waals surface area contributed by atoms with E-state index in [0.717, 1.165) is 73.5 Å². The fraction of sp³-hybridized carbons (Fsp3) is 0.500. The second-order valence-electron chi connectivity index (χ2n) is 9.66. The number of fused-ring (bicyclic) bond motifs is 1. The fourth-order valence-electron chi connectivity index (χ4n) is 4.69. The SMILES string of the molecule is CCN1CCN(c2ccc(NC(=O)c3cc(C4CC4)nc4c3cnn4C(C)C)c(C)c2)CC1. The summed E-state index contributed by atoms with van der Waals surface area (Å²) in [6.45, 7) is 13.8. The van der Waals surface area contributed by atoms with Crippen LogP contribution < -0.4 is 10.2 Å². The average molecular weight is 447 g/mol. The summed E-state index contributed by atoms with van der Waals surface area (Å²) >= 11 is 0. The maximum atomic E-state index is 13.4. The molecule has 33 heavy (non-hydrogen) atoms. The molecule has 2 fully saturated rings. The summed E-state index contributed by atoms with van der Waals surface area (Å²) in [5.74, 6) is 0.366. The molecule has 0 bridgehead atoms. The van der Waals surface area contributed by atoms with Crippen LogP contribution in [0, 0.1) is 6.92 Å². The Labute approximate surface area is 195 Å². The summed E-state index contributed by atoms with van der Waals surface area (Å²) in [5.41, 5.74) is 5.62. The van der Waals surface area contributed by atoms with Crippen LogP contribution in [0.15, 0.2) is 30.5 Å². The van der Waals surface area contributed by atoms with Crippen LogP contribution in [0.3, 0.4) is 0 Å². The molecule has 174 valence electrons. The molecule has 1 amide bonds. The number of benzene rings is 1. The van der Waals surface area contributed by atoms with E-state index in [4.69, 9.17) is 4.98 Å². The third-order valence-corrected chi connectivity index (χ3v) is 6.96. The third-order valence-electron chi connectivity index (χ3n) is 6.96. The van der Waals surface area contributed by atoms with Crippen molar-refractivity contribution >= 4 is 28.3 Å². The van der Waals surface area contributed by atoms with Gasteiger partial charge in [-0.2, -0.15) is 5.10 Å². The molecule has 1 aromatic carbocycles. The molecule has 3 heterocycles. The normalized spacial score (nSPS) is 17.2. The minimum Gasteiger partial charge on any atom is -0.369 e. The number of aromatic nitrogens is 3. The number of hydrogen-bond acceptors (Lipinski definition) is 5. The van der Waals surface area contributed by atoms with Crippen molar-refractivity contribution < 1.29 is 4.79 Å². The lowest BCUT2D eigenvalue weighted by Gasteiger charge is -2.35. The summed E-state index contributed by atoms with van der Waals surface area (Å²) in [5, 5.41) is 8.50. The molecule has 1 aliphatic carbocycles. The number of amides is 1. The van der Waals surface area contributed by atoms with Crippen molar-refractivity contribution in [2.75, 3.05) is 42.9 Å². The Bertz CT molecular complexity index is 1170. The van der Waals surface area contributed by atoms with Crippen LogP contribution in [-0.4, -0.2) is 58.3 Å². The van der Waals surface area contributed by atoms with E-state index in [0.29, 0.717) is 11.5 Å². The van der Waals surface area contributed by atoms with E-state index in [2.05, 4.69) is 60.0 Å². The molecule has 0 spiro atoms. The number of carbonyl (C=O) groups excluding carboxylic acids is 1. The highest BCUT2D eigenvalue weighted by Gasteiger charge is 2.28. The second kappa shape index (κ2) is 8.78. The highest BCUT2D eigenvalue weighted by atomic mass is 16.1. The van der Waals surface area contributed by atoms with E-state index in [1.807, 2.05) is 16.8 Å². The van der Waals surface area contributed by atoms with Gasteiger partial charge in [-0.3, -0.25) is 4.79 Å². The van der Waals surface area contributed by atoms with Gasteiger partial charge >= 0.3 is 0 Å². The first kappa shape index (κ1) is 21.9. The monoisotopic (exact) mass is 446 g/mol. The van der Waals surface area contributed by atoms with Gasteiger partial charge in [0.25, 0.3) is 5.91 Å². The molecule has 1 saturated carbocycles. The zero-order valence-electron chi connectivity index (χ0n) is 20.1. The number of likely N-dealkylation sites (N-methyl/N-ethyl adjacent to an activating group) is 1. The maximum absolute atomic E-state index is 13.4. The quantitative estimate of drug-likeness (QED) is 0.600. The first-order chi connectivity index (χ1) is 15.9. The van der Waals surface area contributed by atoms with Crippen molar-refractivity contribution in [3.63, 3.8) is 0 Å². The minimum absolute atomic E-state index is 0.0972. The zero-order chi connectivity index (χ0) is 23.1. The van der Waals surface area contributed by atoms with Gasteiger partial charge in [0.05, 0.1) is 17.1 Å². The van der Waals surface area contributed by atoms with Crippen LogP contribution in [0.1, 0.15) is 67.2 Å². The Morgan fingerprint density at radius 2 is 1.91 bits per heavy atom. The van der Waals surface area contributed by atoms with E-state index < -0.39 is 0 Å². The molecule has 1 N–H and O–H groups in total. The van der Waals surface area contributed by atoms with Crippen LogP contribution in [0.5, 0.6) is 0 Å². The lowest BCUT2D eigenvalue weighted by molar-refractivity contribution is 0.102. The molecule has 5 rings (SSSR count). The van der Waals surface area contributed by atoms with Crippen LogP contribution in [0.2, 0.25) is 0 Å². The molecule has 0 unspecified atom stereocenters. The molecule has 0 atom stereocenters. The Hall–Kier alpha value is -2.93. The van der Waals surface area contributed by atoms with Gasteiger partial charge in [0.15, 0.2) is 5.65 Å². The number of piperazine rings is 1. The average Bonchev–Trinajstić information content (AvgIpc) is 3.58. The maximum Gasteiger partial charge on any atom is 0.256 e. The number of nitrogens with one attached hydrogen (secondary N) is 1. The molecule has 1 saturated heterocycles. The number of carbonyl (C=O) groups is 1. The van der Waals surface area contributed by atoms with Crippen molar-refractivity contribution in [3.05, 3.63) is 47.3 Å². The number of hydrogen-bond donors (Lipinski definition) is 1. The number of rotatable bonds is 6. The minimum atomic E-state index is -0.0972. The summed E-state index contributed by atoms with van der Waals surface area (Å²) in [6.07, 6.45) is 4.06. The van der Waals surface area contributed by atoms with Crippen LogP contribution in [0.25, 0.3) is 11.0 Å². The van der Waals surface area contributed by atoms with Gasteiger partial charge in [0, 0.05) is 55.2 Å². The highest BCUT2D eigenvalue weighted by molar-refractivity contribution is 6.12. The van der Waals surface area contributed by atoms with E-state index in [1.54, 1.807) is 6.20 Å². The summed E-state index contributed by atoms with van der Waals surface area (Å²) in [7, 11) is 0. The Balaban J connectivity index is 1.39. The molecule has 2 aliphatic rings. The molecule has 7 nitrogen and oxygen atoms in total. The van der Waals surface area contributed by atoms with Crippen molar-refractivity contribution in [2.45, 2.75) is 52.5 Å². The summed E-state index contributed by atoms with van der Waals surface area (Å²) in [4.78, 5) is 23.2. The topological polar surface area (TPSA) is 66.3 Å². The lowest BCUT2D eigenvalue weighted by atomic mass is 10.1. The van der Waals surface area contributed by atoms with Gasteiger partial charge < -0.3 is 15.1 Å². The number of anilines is 2. The fourth-order valence-corrected chi connectivity index (χ4v) is 4.69. The standard InChI is InChI=1S/C26H34N6O/c1-5-30-10-12-31(13-11-30)20-8-9-23(18(4)14-20)29-26(33)21-15-24(19-6-7-19)28-25-22(21)16-27-32(25)17(2)3/h8-9,14-17,19H,5-7,10-13H2,1-4H3,(H,29,33). The van der Waals surface area contributed by atoms with E-state index in [1.165, 1.54) is 5.69 Å². The Morgan fingerprint density at radius 1 is 1.15 bits per heavy atom. The largest absolute Gasteiger partial charge is 0.369 e. The van der Waals surface area contributed by atoms with Gasteiger partial charge in [-0.15, -0.1) is 0 Å². The van der Waals surface area contributed by atoms with Crippen molar-refractivity contribution in [2.24, 2.45) is 0 Å². The van der Waals surface area contributed by atoms with Crippen LogP contribution in [-0.2, 0) is 0 Å². The molecular weight excluding hydrogens is 412 g/mol. The second-order valence-corrected chi connectivity index (χ2v) is 9.66. The molecule has 1 aliphatic heterocycles. The smallest absolute Gasteiger partial charge is 0.256 e. The predicted molar refractivity (Wildman–Crippen MR) is 133 cm³/mol. The van der Waals surface area contributed by atoms with Crippen molar-refractivity contribution in [1.29, 1.82) is 0 Å². The number of aryl methyl sites for hydroxylation is 1. The summed E-state index contributed by atoms with van der Waals surface area (Å²) in [6, 6.07) is 8.50. The van der Waals surface area contributed by atoms with Gasteiger partial charge in [-0.05, 0) is 70.0 Å². The van der Waals surface area contributed by atoms with Crippen LogP contribution in [0.4, 0.5) is 11.4 Å². The molecule has 0 radical (unpaired) electrons. The van der Waals surface area contributed by atoms with Gasteiger partial charge in [-0.1, -0.05) is 6.92 Å². The van der Waals surface area contributed by atoms with Gasteiger partial charge in [-0.25, -0.2) is 9.67 Å². The van der Waals surface area contributed by atoms with Crippen molar-refractivity contribution in [3.8, 4) is 0 Å². The van der Waals surface area contributed by atoms with Gasteiger partial charge in [0.1, 0.15) is 0 Å². The number of nitrogens with zero attached hydrogens (tertiary/aromatic N) is 5. The van der Waals surface area contributed by atoms with Gasteiger partial charge in [0.2, 0.25) is 0 Å². The van der Waals surface area contributed by atoms with Crippen LogP contribution >= 0.6 is 0 Å². The molecular formula is C26H34N6O. The first-order valence-electron chi connectivity index (χ1n) is 12.2. The van der Waals surface area contributed by atoms with E-state index in [-0.39, 0.29) is 11.9 Å². The number of pyridine rings is 1. The Morgan fingerprint density at radius 3 is 2.55 bits per heavy atom. The van der Waals surface area contributed by atoms with E-state index >= 15 is 0 Å². The lowest BCUT2D eigenvalue weighted by Crippen LogP contribution is -2.46. The third kappa shape index (κ3) is 4.34. The predicted octanol–water partition coefficient (Wildman–Crippen LogP) is 4.59. The Kier molecular flexibility index (Phi) is 5.83. The van der Waals surface area contributed by atoms with E-state index in [9.17, 15) is 4.79 Å². The summed E-state index contributed by atoms with van der Waals surface area (Å²) < 4.78 is 1.91. The highest BCUT2D eigenvalue weighted by Crippen LogP contribution is 2.40. The molecule has 2 aromatic heterocycles. The first-order valence-corrected chi connectivity index (χ1v) is 12.2. The van der Waals surface area contributed by atoms with Crippen molar-refractivity contribution in [1.82, 2.24) is 19.7 Å².